The number of hydrogen-bond donors (Lipinski definition) is 0. The fourth-order valence-electron chi connectivity index (χ4n) is 2.18. The monoisotopic (exact) mass is 330 g/mol. The van der Waals surface area contributed by atoms with Gasteiger partial charge in [-0.1, -0.05) is 0 Å². The number of hydrogen-bond acceptors (Lipinski definition) is 7. The molecule has 0 amide bonds. The minimum atomic E-state index is -3.85. The van der Waals surface area contributed by atoms with Gasteiger partial charge in [0.2, 0.25) is 10.0 Å². The van der Waals surface area contributed by atoms with E-state index >= 15 is 0 Å². The van der Waals surface area contributed by atoms with Crippen molar-refractivity contribution in [1.82, 2.24) is 4.31 Å². The average molecular weight is 330 g/mol. The summed E-state index contributed by atoms with van der Waals surface area (Å²) >= 11 is 0. The average Bonchev–Trinajstić information content (AvgIpc) is 2.54. The van der Waals surface area contributed by atoms with Crippen LogP contribution in [-0.2, 0) is 14.8 Å². The van der Waals surface area contributed by atoms with Crippen molar-refractivity contribution in [3.05, 3.63) is 17.7 Å². The van der Waals surface area contributed by atoms with E-state index in [1.54, 1.807) is 0 Å². The van der Waals surface area contributed by atoms with Crippen LogP contribution in [0, 0.1) is 0 Å². The topological polar surface area (TPSA) is 105 Å². The minimum absolute atomic E-state index is 0.0102. The first-order valence-electron chi connectivity index (χ1n) is 6.47. The first kappa shape index (κ1) is 16.5. The summed E-state index contributed by atoms with van der Waals surface area (Å²) in [6, 6.07) is 2.25. The zero-order chi connectivity index (χ0) is 16.3. The lowest BCUT2D eigenvalue weighted by atomic mass is 10.2. The van der Waals surface area contributed by atoms with Crippen molar-refractivity contribution in [2.75, 3.05) is 40.5 Å². The van der Waals surface area contributed by atoms with E-state index in [0.717, 1.165) is 6.07 Å². The predicted octanol–water partition coefficient (Wildman–Crippen LogP) is -0.912. The maximum absolute atomic E-state index is 12.6. The lowest BCUT2D eigenvalue weighted by Gasteiger charge is -2.26. The van der Waals surface area contributed by atoms with Gasteiger partial charge in [0.15, 0.2) is 11.5 Å². The molecule has 22 heavy (non-hydrogen) atoms. The zero-order valence-electron chi connectivity index (χ0n) is 12.2. The standard InChI is InChI=1S/C13H17NO7S/c1-19-11-8-9(7-10(13(15)16)12(11)20-2)22(17,18)14-3-5-21-6-4-14/h7-8H,3-6H2,1-2H3,(H,15,16)/p-1. The summed E-state index contributed by atoms with van der Waals surface area (Å²) in [7, 11) is -1.29. The Morgan fingerprint density at radius 2 is 1.86 bits per heavy atom. The molecule has 0 spiro atoms. The van der Waals surface area contributed by atoms with E-state index < -0.39 is 16.0 Å². The minimum Gasteiger partial charge on any atom is -0.545 e. The summed E-state index contributed by atoms with van der Waals surface area (Å²) in [5.74, 6) is -1.62. The SMILES string of the molecule is COc1cc(S(=O)(=O)N2CCOCC2)cc(C(=O)[O-])c1OC. The van der Waals surface area contributed by atoms with E-state index in [0.29, 0.717) is 13.2 Å². The number of rotatable bonds is 5. The molecule has 1 saturated heterocycles. The first-order valence-corrected chi connectivity index (χ1v) is 7.91. The van der Waals surface area contributed by atoms with E-state index in [9.17, 15) is 18.3 Å². The molecule has 0 aliphatic carbocycles. The number of morpholine rings is 1. The molecule has 0 unspecified atom stereocenters. The molecular weight excluding hydrogens is 314 g/mol. The van der Waals surface area contributed by atoms with E-state index in [1.165, 1.54) is 24.6 Å². The van der Waals surface area contributed by atoms with Gasteiger partial charge in [-0.25, -0.2) is 8.42 Å². The molecule has 0 atom stereocenters. The first-order chi connectivity index (χ1) is 10.4. The van der Waals surface area contributed by atoms with Gasteiger partial charge in [-0.2, -0.15) is 4.31 Å². The number of sulfonamides is 1. The van der Waals surface area contributed by atoms with Crippen LogP contribution in [0.5, 0.6) is 11.5 Å². The van der Waals surface area contributed by atoms with Crippen LogP contribution >= 0.6 is 0 Å². The Kier molecular flexibility index (Phi) is 4.89. The summed E-state index contributed by atoms with van der Waals surface area (Å²) in [4.78, 5) is 11.0. The fraction of sp³-hybridized carbons (Fsp3) is 0.462. The predicted molar refractivity (Wildman–Crippen MR) is 73.5 cm³/mol. The van der Waals surface area contributed by atoms with Gasteiger partial charge in [0.1, 0.15) is 0 Å². The molecule has 1 aliphatic heterocycles. The second-order valence-corrected chi connectivity index (χ2v) is 6.45. The fourth-order valence-corrected chi connectivity index (χ4v) is 3.63. The van der Waals surface area contributed by atoms with Crippen molar-refractivity contribution in [3.63, 3.8) is 0 Å². The third kappa shape index (κ3) is 3.01. The normalized spacial score (nSPS) is 16.3. The van der Waals surface area contributed by atoms with Gasteiger partial charge in [0.05, 0.1) is 38.3 Å². The second kappa shape index (κ2) is 6.51. The van der Waals surface area contributed by atoms with Crippen LogP contribution in [0.1, 0.15) is 10.4 Å². The van der Waals surface area contributed by atoms with Gasteiger partial charge in [-0.15, -0.1) is 0 Å². The second-order valence-electron chi connectivity index (χ2n) is 4.51. The van der Waals surface area contributed by atoms with E-state index in [1.807, 2.05) is 0 Å². The Morgan fingerprint density at radius 3 is 2.36 bits per heavy atom. The molecular formula is C13H16NO7S-. The third-order valence-corrected chi connectivity index (χ3v) is 5.16. The van der Waals surface area contributed by atoms with E-state index in [4.69, 9.17) is 14.2 Å². The maximum atomic E-state index is 12.6. The van der Waals surface area contributed by atoms with Crippen molar-refractivity contribution < 1.29 is 32.5 Å². The number of carbonyl (C=O) groups is 1. The van der Waals surface area contributed by atoms with Gasteiger partial charge in [0, 0.05) is 24.7 Å². The molecule has 1 fully saturated rings. The largest absolute Gasteiger partial charge is 0.545 e. The van der Waals surface area contributed by atoms with Gasteiger partial charge in [-0.05, 0) is 6.07 Å². The number of carbonyl (C=O) groups excluding carboxylic acids is 1. The Morgan fingerprint density at radius 1 is 1.23 bits per heavy atom. The van der Waals surface area contributed by atoms with Crippen molar-refractivity contribution in [1.29, 1.82) is 0 Å². The highest BCUT2D eigenvalue weighted by molar-refractivity contribution is 7.89. The summed E-state index contributed by atoms with van der Waals surface area (Å²) in [6.45, 7) is 0.994. The molecule has 0 N–H and O–H groups in total. The van der Waals surface area contributed by atoms with Crippen molar-refractivity contribution in [2.45, 2.75) is 4.90 Å². The van der Waals surface area contributed by atoms with Crippen molar-refractivity contribution >= 4 is 16.0 Å². The molecule has 0 radical (unpaired) electrons. The Bertz CT molecular complexity index is 665. The molecule has 1 aromatic carbocycles. The number of benzene rings is 1. The third-order valence-electron chi connectivity index (χ3n) is 3.28. The number of carboxylic acids is 1. The number of carboxylic acid groups (broad SMARTS) is 1. The summed E-state index contributed by atoms with van der Waals surface area (Å²) in [5.41, 5.74) is -0.381. The lowest BCUT2D eigenvalue weighted by molar-refractivity contribution is -0.255. The molecule has 0 aromatic heterocycles. The molecule has 2 rings (SSSR count). The molecule has 122 valence electrons. The Balaban J connectivity index is 2.55. The quantitative estimate of drug-likeness (QED) is 0.688. The van der Waals surface area contributed by atoms with Crippen LogP contribution in [0.2, 0.25) is 0 Å². The van der Waals surface area contributed by atoms with Gasteiger partial charge < -0.3 is 24.1 Å². The van der Waals surface area contributed by atoms with Crippen molar-refractivity contribution in [3.8, 4) is 11.5 Å². The summed E-state index contributed by atoms with van der Waals surface area (Å²) in [6.07, 6.45) is 0. The van der Waals surface area contributed by atoms with Crippen LogP contribution in [0.4, 0.5) is 0 Å². The van der Waals surface area contributed by atoms with Crippen LogP contribution in [0.3, 0.4) is 0 Å². The van der Waals surface area contributed by atoms with Crippen LogP contribution in [-0.4, -0.2) is 59.2 Å². The van der Waals surface area contributed by atoms with E-state index in [-0.39, 0.29) is 35.0 Å². The van der Waals surface area contributed by atoms with Gasteiger partial charge in [0.25, 0.3) is 0 Å². The Labute approximate surface area is 128 Å². The molecule has 0 saturated carbocycles. The zero-order valence-corrected chi connectivity index (χ0v) is 13.0. The van der Waals surface area contributed by atoms with E-state index in [2.05, 4.69) is 0 Å². The Hall–Kier alpha value is -1.84. The number of aromatic carboxylic acids is 1. The molecule has 1 aliphatic rings. The van der Waals surface area contributed by atoms with Crippen molar-refractivity contribution in [2.24, 2.45) is 0 Å². The highest BCUT2D eigenvalue weighted by Gasteiger charge is 2.28. The molecule has 9 heteroatoms. The van der Waals surface area contributed by atoms with Gasteiger partial charge in [-0.3, -0.25) is 0 Å². The number of nitrogens with zero attached hydrogens (tertiary/aromatic N) is 1. The molecule has 0 bridgehead atoms. The van der Waals surface area contributed by atoms with Crippen LogP contribution in [0.25, 0.3) is 0 Å². The highest BCUT2D eigenvalue weighted by Crippen LogP contribution is 2.34. The summed E-state index contributed by atoms with van der Waals surface area (Å²) < 4.78 is 41.5. The van der Waals surface area contributed by atoms with Crippen LogP contribution in [0.15, 0.2) is 17.0 Å². The lowest BCUT2D eigenvalue weighted by Crippen LogP contribution is -2.40. The molecule has 8 nitrogen and oxygen atoms in total. The van der Waals surface area contributed by atoms with Gasteiger partial charge >= 0.3 is 0 Å². The molecule has 1 heterocycles. The highest BCUT2D eigenvalue weighted by atomic mass is 32.2. The smallest absolute Gasteiger partial charge is 0.243 e. The number of ether oxygens (including phenoxy) is 3. The summed E-state index contributed by atoms with van der Waals surface area (Å²) in [5, 5.41) is 11.2. The molecule has 1 aromatic rings. The number of methoxy groups -OCH3 is 2. The maximum Gasteiger partial charge on any atom is 0.243 e. The van der Waals surface area contributed by atoms with Crippen LogP contribution < -0.4 is 14.6 Å².